The van der Waals surface area contributed by atoms with Crippen LogP contribution >= 0.6 is 23.2 Å². The summed E-state index contributed by atoms with van der Waals surface area (Å²) in [7, 11) is 0. The largest absolute Gasteiger partial charge is 0.493 e. The first kappa shape index (κ1) is 17.1. The van der Waals surface area contributed by atoms with Crippen LogP contribution in [0.15, 0.2) is 36.4 Å². The molecule has 5 nitrogen and oxygen atoms in total. The molecule has 0 fully saturated rings. The van der Waals surface area contributed by atoms with Crippen molar-refractivity contribution in [2.75, 3.05) is 11.9 Å². The van der Waals surface area contributed by atoms with Crippen LogP contribution < -0.4 is 10.1 Å². The van der Waals surface area contributed by atoms with Crippen LogP contribution in [0, 0.1) is 11.3 Å². The predicted molar refractivity (Wildman–Crippen MR) is 89.0 cm³/mol. The van der Waals surface area contributed by atoms with Crippen molar-refractivity contribution in [3.8, 4) is 11.8 Å². The van der Waals surface area contributed by atoms with Gasteiger partial charge in [0.25, 0.3) is 5.91 Å². The normalized spacial score (nSPS) is 9.96. The van der Waals surface area contributed by atoms with E-state index in [4.69, 9.17) is 33.2 Å². The number of amides is 1. The molecule has 0 radical (unpaired) electrons. The molecule has 0 spiro atoms. The van der Waals surface area contributed by atoms with Crippen LogP contribution in [-0.4, -0.2) is 17.5 Å². The number of nitriles is 1. The summed E-state index contributed by atoms with van der Waals surface area (Å²) in [5.74, 6) is 0.144. The first-order valence-electron chi connectivity index (χ1n) is 6.83. The Balaban J connectivity index is 2.03. The lowest BCUT2D eigenvalue weighted by Crippen LogP contribution is -2.14. The van der Waals surface area contributed by atoms with Crippen molar-refractivity contribution in [1.82, 2.24) is 4.98 Å². The Labute approximate surface area is 143 Å². The highest BCUT2D eigenvalue weighted by molar-refractivity contribution is 6.35. The molecule has 0 aliphatic carbocycles. The number of nitrogens with zero attached hydrogens (tertiary/aromatic N) is 2. The molecular weight excluding hydrogens is 337 g/mol. The highest BCUT2D eigenvalue weighted by Crippen LogP contribution is 2.21. The minimum atomic E-state index is -0.459. The van der Waals surface area contributed by atoms with Gasteiger partial charge in [0.1, 0.15) is 16.6 Å². The van der Waals surface area contributed by atoms with Gasteiger partial charge in [-0.3, -0.25) is 4.79 Å². The fourth-order valence-corrected chi connectivity index (χ4v) is 2.11. The second-order valence-corrected chi connectivity index (χ2v) is 5.35. The minimum absolute atomic E-state index is 0.0551. The van der Waals surface area contributed by atoms with E-state index < -0.39 is 5.91 Å². The van der Waals surface area contributed by atoms with Gasteiger partial charge in [0.2, 0.25) is 0 Å². The number of nitrogens with one attached hydrogen (secondary N) is 1. The lowest BCUT2D eigenvalue weighted by Gasteiger charge is -2.09. The van der Waals surface area contributed by atoms with Gasteiger partial charge in [0.15, 0.2) is 0 Å². The molecule has 2 rings (SSSR count). The maximum atomic E-state index is 12.2. The van der Waals surface area contributed by atoms with Gasteiger partial charge >= 0.3 is 0 Å². The van der Waals surface area contributed by atoms with E-state index in [1.165, 1.54) is 12.1 Å². The Morgan fingerprint density at radius 2 is 2.13 bits per heavy atom. The summed E-state index contributed by atoms with van der Waals surface area (Å²) in [6, 6.07) is 12.0. The molecule has 0 aliphatic rings. The fourth-order valence-electron chi connectivity index (χ4n) is 1.77. The third-order valence-electron chi connectivity index (χ3n) is 2.82. The third kappa shape index (κ3) is 5.13. The molecule has 2 aromatic rings. The first-order valence-corrected chi connectivity index (χ1v) is 7.59. The van der Waals surface area contributed by atoms with Crippen LogP contribution in [0.5, 0.6) is 5.75 Å². The van der Waals surface area contributed by atoms with Crippen LogP contribution in [0.3, 0.4) is 0 Å². The lowest BCUT2D eigenvalue weighted by molar-refractivity contribution is 0.102. The number of anilines is 1. The fraction of sp³-hybridized carbons (Fsp3) is 0.188. The van der Waals surface area contributed by atoms with Gasteiger partial charge in [-0.05, 0) is 30.7 Å². The number of hydrogen-bond acceptors (Lipinski definition) is 4. The van der Waals surface area contributed by atoms with Crippen LogP contribution in [0.1, 0.15) is 23.3 Å². The highest BCUT2D eigenvalue weighted by Gasteiger charge is 2.13. The number of unbranched alkanes of at least 4 members (excludes halogenated alkanes) is 1. The third-order valence-corrected chi connectivity index (χ3v) is 3.34. The van der Waals surface area contributed by atoms with Crippen molar-refractivity contribution in [3.05, 3.63) is 52.3 Å². The van der Waals surface area contributed by atoms with E-state index in [1.54, 1.807) is 24.3 Å². The molecule has 23 heavy (non-hydrogen) atoms. The maximum Gasteiger partial charge on any atom is 0.275 e. The number of hydrogen-bond donors (Lipinski definition) is 1. The topological polar surface area (TPSA) is 75.0 Å². The Morgan fingerprint density at radius 1 is 1.30 bits per heavy atom. The number of carbonyl (C=O) groups excluding carboxylic acids is 1. The number of halogens is 2. The number of carbonyl (C=O) groups is 1. The zero-order chi connectivity index (χ0) is 16.7. The quantitative estimate of drug-likeness (QED) is 0.622. The van der Waals surface area contributed by atoms with Crippen molar-refractivity contribution < 1.29 is 9.53 Å². The van der Waals surface area contributed by atoms with Gasteiger partial charge < -0.3 is 10.1 Å². The second-order valence-electron chi connectivity index (χ2n) is 4.56. The molecule has 1 aromatic heterocycles. The Morgan fingerprint density at radius 3 is 2.91 bits per heavy atom. The van der Waals surface area contributed by atoms with E-state index in [-0.39, 0.29) is 15.9 Å². The molecule has 1 amide bonds. The van der Waals surface area contributed by atoms with Crippen molar-refractivity contribution in [2.24, 2.45) is 0 Å². The van der Waals surface area contributed by atoms with E-state index in [0.29, 0.717) is 30.9 Å². The molecule has 0 aliphatic heterocycles. The molecule has 0 saturated heterocycles. The molecule has 1 heterocycles. The number of rotatable bonds is 6. The first-order chi connectivity index (χ1) is 11.1. The number of ether oxygens (including phenoxy) is 1. The van der Waals surface area contributed by atoms with E-state index in [1.807, 2.05) is 0 Å². The maximum absolute atomic E-state index is 12.2. The number of aromatic nitrogens is 1. The highest BCUT2D eigenvalue weighted by atomic mass is 35.5. The van der Waals surface area contributed by atoms with Crippen molar-refractivity contribution >= 4 is 34.8 Å². The van der Waals surface area contributed by atoms with Gasteiger partial charge in [-0.1, -0.05) is 29.3 Å². The smallest absolute Gasteiger partial charge is 0.275 e. The molecule has 1 aromatic carbocycles. The van der Waals surface area contributed by atoms with Crippen molar-refractivity contribution in [2.45, 2.75) is 12.8 Å². The zero-order valence-corrected chi connectivity index (χ0v) is 13.6. The molecule has 0 bridgehead atoms. The van der Waals surface area contributed by atoms with E-state index in [9.17, 15) is 4.79 Å². The molecule has 0 saturated carbocycles. The Bertz CT molecular complexity index is 744. The van der Waals surface area contributed by atoms with Crippen LogP contribution in [0.25, 0.3) is 0 Å². The number of pyridine rings is 1. The van der Waals surface area contributed by atoms with E-state index in [0.717, 1.165) is 0 Å². The van der Waals surface area contributed by atoms with Gasteiger partial charge in [0, 0.05) is 18.2 Å². The van der Waals surface area contributed by atoms with Crippen molar-refractivity contribution in [1.29, 1.82) is 5.26 Å². The average molecular weight is 350 g/mol. The van der Waals surface area contributed by atoms with Gasteiger partial charge in [0.05, 0.1) is 17.7 Å². The lowest BCUT2D eigenvalue weighted by atomic mass is 10.2. The summed E-state index contributed by atoms with van der Waals surface area (Å²) >= 11 is 11.7. The van der Waals surface area contributed by atoms with E-state index >= 15 is 0 Å². The van der Waals surface area contributed by atoms with Crippen molar-refractivity contribution in [3.63, 3.8) is 0 Å². The Kier molecular flexibility index (Phi) is 6.21. The standard InChI is InChI=1S/C16H13Cl2N3O2/c17-13-6-7-14(18)21-15(13)16(22)20-11-4-3-5-12(10-11)23-9-2-1-8-19/h3-7,10H,1-2,9H2,(H,20,22). The molecule has 118 valence electrons. The van der Waals surface area contributed by atoms with Gasteiger partial charge in [-0.25, -0.2) is 4.98 Å². The molecule has 0 atom stereocenters. The van der Waals surface area contributed by atoms with Crippen LogP contribution in [0.2, 0.25) is 10.2 Å². The summed E-state index contributed by atoms with van der Waals surface area (Å²) in [5.41, 5.74) is 0.602. The SMILES string of the molecule is N#CCCCOc1cccc(NC(=O)c2nc(Cl)ccc2Cl)c1. The van der Waals surface area contributed by atoms with Gasteiger partial charge in [-0.15, -0.1) is 0 Å². The monoisotopic (exact) mass is 349 g/mol. The number of benzene rings is 1. The summed E-state index contributed by atoms with van der Waals surface area (Å²) in [5, 5.41) is 11.6. The summed E-state index contributed by atoms with van der Waals surface area (Å²) < 4.78 is 5.51. The molecule has 7 heteroatoms. The minimum Gasteiger partial charge on any atom is -0.493 e. The summed E-state index contributed by atoms with van der Waals surface area (Å²) in [6.45, 7) is 0.437. The Hall–Kier alpha value is -2.29. The molecule has 1 N–H and O–H groups in total. The molecular formula is C16H13Cl2N3O2. The van der Waals surface area contributed by atoms with E-state index in [2.05, 4.69) is 16.4 Å². The summed E-state index contributed by atoms with van der Waals surface area (Å²) in [4.78, 5) is 16.1. The van der Waals surface area contributed by atoms with Crippen LogP contribution in [0.4, 0.5) is 5.69 Å². The van der Waals surface area contributed by atoms with Gasteiger partial charge in [-0.2, -0.15) is 5.26 Å². The summed E-state index contributed by atoms with van der Waals surface area (Å²) in [6.07, 6.45) is 1.09. The molecule has 0 unspecified atom stereocenters. The predicted octanol–water partition coefficient (Wildman–Crippen LogP) is 4.32. The average Bonchev–Trinajstić information content (AvgIpc) is 2.54. The zero-order valence-electron chi connectivity index (χ0n) is 12.1. The van der Waals surface area contributed by atoms with Crippen LogP contribution in [-0.2, 0) is 0 Å². The second kappa shape index (κ2) is 8.37.